The van der Waals surface area contributed by atoms with Crippen molar-refractivity contribution in [1.29, 1.82) is 0 Å². The van der Waals surface area contributed by atoms with Crippen molar-refractivity contribution in [1.82, 2.24) is 10.2 Å². The fourth-order valence-corrected chi connectivity index (χ4v) is 2.11. The molecule has 0 aliphatic carbocycles. The highest BCUT2D eigenvalue weighted by Crippen LogP contribution is 2.07. The third-order valence-corrected chi connectivity index (χ3v) is 3.08. The minimum atomic E-state index is -0.354. The molecule has 22 heavy (non-hydrogen) atoms. The lowest BCUT2D eigenvalue weighted by Crippen LogP contribution is -2.41. The van der Waals surface area contributed by atoms with E-state index in [9.17, 15) is 14.0 Å². The number of hydrogen-bond acceptors (Lipinski definition) is 3. The van der Waals surface area contributed by atoms with E-state index >= 15 is 0 Å². The van der Waals surface area contributed by atoms with Gasteiger partial charge in [-0.15, -0.1) is 0 Å². The highest BCUT2D eigenvalue weighted by molar-refractivity contribution is 5.92. The van der Waals surface area contributed by atoms with Crippen LogP contribution in [-0.4, -0.2) is 42.9 Å². The van der Waals surface area contributed by atoms with Gasteiger partial charge in [-0.25, -0.2) is 4.39 Å². The van der Waals surface area contributed by atoms with Crippen LogP contribution < -0.4 is 10.6 Å². The minimum Gasteiger partial charge on any atom is -0.353 e. The van der Waals surface area contributed by atoms with E-state index in [2.05, 4.69) is 17.6 Å². The number of anilines is 1. The number of likely N-dealkylation sites (N-methyl/N-ethyl adjacent to an activating group) is 1. The van der Waals surface area contributed by atoms with Crippen molar-refractivity contribution in [2.75, 3.05) is 25.5 Å². The normalized spacial score (nSPS) is 12.0. The number of nitrogens with one attached hydrogen (secondary N) is 2. The van der Waals surface area contributed by atoms with Gasteiger partial charge in [-0.2, -0.15) is 0 Å². The summed E-state index contributed by atoms with van der Waals surface area (Å²) in [5, 5.41) is 5.54. The Labute approximate surface area is 130 Å². The van der Waals surface area contributed by atoms with Gasteiger partial charge >= 0.3 is 0 Å². The molecule has 2 amide bonds. The summed E-state index contributed by atoms with van der Waals surface area (Å²) in [6, 6.07) is 5.68. The Kier molecular flexibility index (Phi) is 7.52. The Hall–Kier alpha value is -1.95. The van der Waals surface area contributed by atoms with E-state index < -0.39 is 0 Å². The van der Waals surface area contributed by atoms with E-state index in [-0.39, 0.29) is 36.8 Å². The Balaban J connectivity index is 2.34. The fourth-order valence-electron chi connectivity index (χ4n) is 2.11. The summed E-state index contributed by atoms with van der Waals surface area (Å²) in [5.41, 5.74) is 0.529. The zero-order valence-electron chi connectivity index (χ0n) is 13.4. The van der Waals surface area contributed by atoms with Gasteiger partial charge < -0.3 is 10.6 Å². The molecule has 0 bridgehead atoms. The molecule has 1 aromatic rings. The van der Waals surface area contributed by atoms with Gasteiger partial charge in [0.15, 0.2) is 0 Å². The Morgan fingerprint density at radius 2 is 1.77 bits per heavy atom. The summed E-state index contributed by atoms with van der Waals surface area (Å²) in [5.74, 6) is -0.700. The molecule has 0 spiro atoms. The van der Waals surface area contributed by atoms with Crippen molar-refractivity contribution in [2.45, 2.75) is 32.7 Å². The van der Waals surface area contributed by atoms with E-state index in [1.807, 2.05) is 6.92 Å². The summed E-state index contributed by atoms with van der Waals surface area (Å²) in [7, 11) is 1.70. The van der Waals surface area contributed by atoms with E-state index in [0.29, 0.717) is 5.69 Å². The molecule has 122 valence electrons. The average molecular weight is 309 g/mol. The average Bonchev–Trinajstić information content (AvgIpc) is 2.40. The van der Waals surface area contributed by atoms with E-state index in [1.54, 1.807) is 11.9 Å². The Morgan fingerprint density at radius 3 is 2.36 bits per heavy atom. The third kappa shape index (κ3) is 7.17. The highest BCUT2D eigenvalue weighted by Gasteiger charge is 2.12. The maximum Gasteiger partial charge on any atom is 0.238 e. The van der Waals surface area contributed by atoms with Gasteiger partial charge in [-0.3, -0.25) is 14.5 Å². The molecule has 0 aliphatic heterocycles. The monoisotopic (exact) mass is 309 g/mol. The second kappa shape index (κ2) is 9.15. The quantitative estimate of drug-likeness (QED) is 0.772. The number of rotatable bonds is 8. The highest BCUT2D eigenvalue weighted by atomic mass is 19.1. The molecule has 1 rings (SSSR count). The molecular formula is C16H24FN3O2. The number of nitrogens with zero attached hydrogens (tertiary/aromatic N) is 1. The van der Waals surface area contributed by atoms with Crippen LogP contribution in [0.5, 0.6) is 0 Å². The maximum absolute atomic E-state index is 12.8. The summed E-state index contributed by atoms with van der Waals surface area (Å²) < 4.78 is 12.8. The number of halogens is 1. The van der Waals surface area contributed by atoms with Gasteiger partial charge in [-0.1, -0.05) is 13.3 Å². The molecule has 0 radical (unpaired) electrons. The first-order chi connectivity index (χ1) is 10.4. The van der Waals surface area contributed by atoms with E-state index in [1.165, 1.54) is 24.3 Å². The van der Waals surface area contributed by atoms with Crippen molar-refractivity contribution in [3.63, 3.8) is 0 Å². The number of benzene rings is 1. The Bertz CT molecular complexity index is 491. The van der Waals surface area contributed by atoms with Gasteiger partial charge in [0, 0.05) is 11.7 Å². The molecule has 5 nitrogen and oxygen atoms in total. The molecule has 6 heteroatoms. The summed E-state index contributed by atoms with van der Waals surface area (Å²) in [6.07, 6.45) is 1.94. The molecule has 1 aromatic carbocycles. The first-order valence-corrected chi connectivity index (χ1v) is 7.44. The first-order valence-electron chi connectivity index (χ1n) is 7.44. The van der Waals surface area contributed by atoms with Crippen LogP contribution in [0, 0.1) is 5.82 Å². The Morgan fingerprint density at radius 1 is 1.18 bits per heavy atom. The van der Waals surface area contributed by atoms with Crippen LogP contribution >= 0.6 is 0 Å². The second-order valence-electron chi connectivity index (χ2n) is 5.48. The molecule has 0 unspecified atom stereocenters. The largest absolute Gasteiger partial charge is 0.353 e. The van der Waals surface area contributed by atoms with Crippen LogP contribution in [0.25, 0.3) is 0 Å². The number of amides is 2. The predicted molar refractivity (Wildman–Crippen MR) is 85.0 cm³/mol. The zero-order valence-corrected chi connectivity index (χ0v) is 13.4. The zero-order chi connectivity index (χ0) is 16.5. The molecule has 0 saturated heterocycles. The molecular weight excluding hydrogens is 285 g/mol. The van der Waals surface area contributed by atoms with Crippen LogP contribution in [0.2, 0.25) is 0 Å². The smallest absolute Gasteiger partial charge is 0.238 e. The minimum absolute atomic E-state index is 0.0902. The second-order valence-corrected chi connectivity index (χ2v) is 5.48. The molecule has 0 aromatic heterocycles. The lowest BCUT2D eigenvalue weighted by Gasteiger charge is -2.18. The van der Waals surface area contributed by atoms with Gasteiger partial charge in [0.1, 0.15) is 5.82 Å². The van der Waals surface area contributed by atoms with Crippen LogP contribution in [0.4, 0.5) is 10.1 Å². The number of carbonyl (C=O) groups excluding carboxylic acids is 2. The van der Waals surface area contributed by atoms with Gasteiger partial charge in [0.25, 0.3) is 0 Å². The lowest BCUT2D eigenvalue weighted by atomic mass is 10.2. The van der Waals surface area contributed by atoms with Crippen LogP contribution in [0.1, 0.15) is 26.7 Å². The van der Waals surface area contributed by atoms with E-state index in [4.69, 9.17) is 0 Å². The topological polar surface area (TPSA) is 61.4 Å². The van der Waals surface area contributed by atoms with E-state index in [0.717, 1.165) is 12.8 Å². The molecule has 2 N–H and O–H groups in total. The summed E-state index contributed by atoms with van der Waals surface area (Å²) in [4.78, 5) is 25.3. The van der Waals surface area contributed by atoms with Crippen molar-refractivity contribution < 1.29 is 14.0 Å². The van der Waals surface area contributed by atoms with Crippen LogP contribution in [0.15, 0.2) is 24.3 Å². The van der Waals surface area contributed by atoms with Crippen LogP contribution in [0.3, 0.4) is 0 Å². The van der Waals surface area contributed by atoms with Gasteiger partial charge in [-0.05, 0) is 44.7 Å². The predicted octanol–water partition coefficient (Wildman–Crippen LogP) is 2.00. The fraction of sp³-hybridized carbons (Fsp3) is 0.500. The molecule has 0 heterocycles. The van der Waals surface area contributed by atoms with Crippen molar-refractivity contribution in [3.8, 4) is 0 Å². The molecule has 1 atom stereocenters. The van der Waals surface area contributed by atoms with Crippen molar-refractivity contribution >= 4 is 17.5 Å². The van der Waals surface area contributed by atoms with Crippen molar-refractivity contribution in [2.24, 2.45) is 0 Å². The summed E-state index contributed by atoms with van der Waals surface area (Å²) >= 11 is 0. The molecule has 0 saturated carbocycles. The van der Waals surface area contributed by atoms with Crippen molar-refractivity contribution in [3.05, 3.63) is 30.1 Å². The molecule has 0 aliphatic rings. The third-order valence-electron chi connectivity index (χ3n) is 3.08. The number of hydrogen-bond donors (Lipinski definition) is 2. The maximum atomic E-state index is 12.8. The van der Waals surface area contributed by atoms with Crippen LogP contribution in [-0.2, 0) is 9.59 Å². The summed E-state index contributed by atoms with van der Waals surface area (Å²) in [6.45, 7) is 4.27. The first kappa shape index (κ1) is 18.1. The van der Waals surface area contributed by atoms with Gasteiger partial charge in [0.05, 0.1) is 13.1 Å². The molecule has 0 fully saturated rings. The standard InChI is InChI=1S/C16H24FN3O2/c1-4-5-12(2)18-15(21)10-20(3)11-16(22)19-14-8-6-13(17)7-9-14/h6-9,12H,4-5,10-11H2,1-3H3,(H,18,21)(H,19,22)/t12-/m0/s1. The number of carbonyl (C=O) groups is 2. The SMILES string of the molecule is CCC[C@H](C)NC(=O)CN(C)CC(=O)Nc1ccc(F)cc1. The lowest BCUT2D eigenvalue weighted by molar-refractivity contribution is -0.123. The van der Waals surface area contributed by atoms with Gasteiger partial charge in [0.2, 0.25) is 11.8 Å².